The van der Waals surface area contributed by atoms with Crippen molar-refractivity contribution in [2.24, 2.45) is 4.99 Å². The quantitative estimate of drug-likeness (QED) is 0.460. The topological polar surface area (TPSA) is 45.7 Å². The van der Waals surface area contributed by atoms with E-state index in [0.717, 1.165) is 19.4 Å². The van der Waals surface area contributed by atoms with Gasteiger partial charge in [-0.3, -0.25) is 4.99 Å². The minimum atomic E-state index is -2.82. The fraction of sp³-hybridized carbons (Fsp3) is 0.500. The predicted octanol–water partition coefficient (Wildman–Crippen LogP) is 2.75. The Bertz CT molecular complexity index is 425. The van der Waals surface area contributed by atoms with Gasteiger partial charge in [-0.2, -0.15) is 8.78 Å². The van der Waals surface area contributed by atoms with Crippen LogP contribution in [-0.4, -0.2) is 26.2 Å². The van der Waals surface area contributed by atoms with E-state index in [1.54, 1.807) is 25.2 Å². The Hall–Kier alpha value is -1.85. The molecule has 0 fully saturated rings. The number of alkyl halides is 2. The van der Waals surface area contributed by atoms with Gasteiger partial charge in [0.05, 0.1) is 0 Å². The fourth-order valence-corrected chi connectivity index (χ4v) is 1.64. The van der Waals surface area contributed by atoms with Crippen LogP contribution >= 0.6 is 0 Å². The summed E-state index contributed by atoms with van der Waals surface area (Å²) in [7, 11) is 1.67. The summed E-state index contributed by atoms with van der Waals surface area (Å²) in [5.74, 6) is 0.823. The van der Waals surface area contributed by atoms with E-state index >= 15 is 0 Å². The molecule has 1 aromatic rings. The lowest BCUT2D eigenvalue weighted by Crippen LogP contribution is -2.37. The van der Waals surface area contributed by atoms with Crippen LogP contribution < -0.4 is 15.4 Å². The van der Waals surface area contributed by atoms with E-state index in [1.165, 1.54) is 6.07 Å². The molecule has 0 spiro atoms. The number of hydrogen-bond donors (Lipinski definition) is 2. The Morgan fingerprint density at radius 3 is 2.70 bits per heavy atom. The van der Waals surface area contributed by atoms with E-state index in [-0.39, 0.29) is 5.75 Å². The van der Waals surface area contributed by atoms with Crippen molar-refractivity contribution >= 4 is 5.96 Å². The predicted molar refractivity (Wildman–Crippen MR) is 76.2 cm³/mol. The molecule has 1 rings (SSSR count). The Morgan fingerprint density at radius 2 is 2.05 bits per heavy atom. The summed E-state index contributed by atoms with van der Waals surface area (Å²) in [4.78, 5) is 4.07. The first-order valence-corrected chi connectivity index (χ1v) is 6.64. The molecule has 1 aromatic carbocycles. The summed E-state index contributed by atoms with van der Waals surface area (Å²) in [5.41, 5.74) is 0.659. The van der Waals surface area contributed by atoms with Gasteiger partial charge in [0.2, 0.25) is 0 Å². The number of aliphatic imine (C=N–C) groups is 1. The third-order valence-electron chi connectivity index (χ3n) is 2.68. The summed E-state index contributed by atoms with van der Waals surface area (Å²) in [5, 5.41) is 6.22. The molecule has 0 radical (unpaired) electrons. The van der Waals surface area contributed by atoms with Crippen LogP contribution in [0.2, 0.25) is 0 Å². The van der Waals surface area contributed by atoms with E-state index in [2.05, 4.69) is 27.3 Å². The van der Waals surface area contributed by atoms with Crippen molar-refractivity contribution in [2.75, 3.05) is 13.6 Å². The zero-order chi connectivity index (χ0) is 14.8. The fourth-order valence-electron chi connectivity index (χ4n) is 1.64. The van der Waals surface area contributed by atoms with Crippen molar-refractivity contribution < 1.29 is 13.5 Å². The molecular formula is C14H21F2N3O. The van der Waals surface area contributed by atoms with Crippen molar-refractivity contribution in [3.8, 4) is 5.75 Å². The first kappa shape index (κ1) is 16.2. The minimum Gasteiger partial charge on any atom is -0.434 e. The zero-order valence-electron chi connectivity index (χ0n) is 11.8. The highest BCUT2D eigenvalue weighted by Crippen LogP contribution is 2.19. The molecule has 0 unspecified atom stereocenters. The van der Waals surface area contributed by atoms with Gasteiger partial charge in [0, 0.05) is 25.7 Å². The van der Waals surface area contributed by atoms with Gasteiger partial charge in [0.15, 0.2) is 5.96 Å². The second-order valence-electron chi connectivity index (χ2n) is 4.19. The number of hydrogen-bond acceptors (Lipinski definition) is 2. The third-order valence-corrected chi connectivity index (χ3v) is 2.68. The smallest absolute Gasteiger partial charge is 0.387 e. The maximum Gasteiger partial charge on any atom is 0.387 e. The van der Waals surface area contributed by atoms with Crippen LogP contribution in [-0.2, 0) is 6.54 Å². The lowest BCUT2D eigenvalue weighted by Gasteiger charge is -2.14. The molecule has 0 aromatic heterocycles. The number of rotatable bonds is 7. The number of guanidine groups is 1. The lowest BCUT2D eigenvalue weighted by atomic mass is 10.2. The van der Waals surface area contributed by atoms with Gasteiger partial charge in [-0.1, -0.05) is 31.5 Å². The molecule has 2 N–H and O–H groups in total. The minimum absolute atomic E-state index is 0.180. The Kier molecular flexibility index (Phi) is 7.39. The number of unbranched alkanes of at least 4 members (excludes halogenated alkanes) is 1. The van der Waals surface area contributed by atoms with Gasteiger partial charge in [-0.25, -0.2) is 0 Å². The number of para-hydroxylation sites is 1. The number of nitrogens with zero attached hydrogens (tertiary/aromatic N) is 1. The molecule has 20 heavy (non-hydrogen) atoms. The van der Waals surface area contributed by atoms with Gasteiger partial charge in [0.25, 0.3) is 0 Å². The van der Waals surface area contributed by atoms with Crippen molar-refractivity contribution in [2.45, 2.75) is 32.9 Å². The van der Waals surface area contributed by atoms with Crippen LogP contribution in [0, 0.1) is 0 Å². The molecule has 0 bridgehead atoms. The van der Waals surface area contributed by atoms with Gasteiger partial charge >= 0.3 is 6.61 Å². The molecule has 0 aliphatic rings. The van der Waals surface area contributed by atoms with Gasteiger partial charge < -0.3 is 15.4 Å². The highest BCUT2D eigenvalue weighted by molar-refractivity contribution is 5.79. The van der Waals surface area contributed by atoms with Crippen molar-refractivity contribution in [3.05, 3.63) is 29.8 Å². The molecular weight excluding hydrogens is 264 g/mol. The first-order valence-electron chi connectivity index (χ1n) is 6.64. The molecule has 0 atom stereocenters. The molecule has 0 saturated carbocycles. The monoisotopic (exact) mass is 285 g/mol. The van der Waals surface area contributed by atoms with Crippen LogP contribution in [0.15, 0.2) is 29.3 Å². The summed E-state index contributed by atoms with van der Waals surface area (Å²) in [6.07, 6.45) is 2.14. The Morgan fingerprint density at radius 1 is 1.30 bits per heavy atom. The average molecular weight is 285 g/mol. The average Bonchev–Trinajstić information content (AvgIpc) is 2.43. The third kappa shape index (κ3) is 5.86. The summed E-state index contributed by atoms with van der Waals surface area (Å²) in [6, 6.07) is 6.71. The summed E-state index contributed by atoms with van der Waals surface area (Å²) >= 11 is 0. The SMILES string of the molecule is CCCCNC(=NC)NCc1ccccc1OC(F)F. The van der Waals surface area contributed by atoms with Crippen LogP contribution in [0.3, 0.4) is 0 Å². The summed E-state index contributed by atoms with van der Waals surface area (Å²) < 4.78 is 29.1. The molecule has 0 aliphatic heterocycles. The van der Waals surface area contributed by atoms with E-state index in [4.69, 9.17) is 0 Å². The van der Waals surface area contributed by atoms with Crippen LogP contribution in [0.5, 0.6) is 5.75 Å². The second-order valence-corrected chi connectivity index (χ2v) is 4.19. The maximum absolute atomic E-state index is 12.3. The maximum atomic E-state index is 12.3. The number of nitrogens with one attached hydrogen (secondary N) is 2. The number of halogens is 2. The zero-order valence-corrected chi connectivity index (χ0v) is 11.8. The highest BCUT2D eigenvalue weighted by atomic mass is 19.3. The number of ether oxygens (including phenoxy) is 1. The molecule has 0 aliphatic carbocycles. The Labute approximate surface area is 118 Å². The van der Waals surface area contributed by atoms with Crippen LogP contribution in [0.25, 0.3) is 0 Å². The van der Waals surface area contributed by atoms with E-state index in [9.17, 15) is 8.78 Å². The van der Waals surface area contributed by atoms with E-state index in [0.29, 0.717) is 18.1 Å². The van der Waals surface area contributed by atoms with Gasteiger partial charge in [0.1, 0.15) is 5.75 Å². The van der Waals surface area contributed by atoms with Gasteiger partial charge in [-0.15, -0.1) is 0 Å². The highest BCUT2D eigenvalue weighted by Gasteiger charge is 2.09. The standard InChI is InChI=1S/C14H21F2N3O/c1-3-4-9-18-14(17-2)19-10-11-7-5-6-8-12(11)20-13(15)16/h5-8,13H,3-4,9-10H2,1-2H3,(H2,17,18,19). The molecule has 112 valence electrons. The molecule has 0 amide bonds. The lowest BCUT2D eigenvalue weighted by molar-refractivity contribution is -0.0504. The van der Waals surface area contributed by atoms with E-state index in [1.807, 2.05) is 0 Å². The van der Waals surface area contributed by atoms with Crippen LogP contribution in [0.4, 0.5) is 8.78 Å². The normalized spacial score (nSPS) is 11.6. The largest absolute Gasteiger partial charge is 0.434 e. The summed E-state index contributed by atoms with van der Waals surface area (Å²) in [6.45, 7) is 0.480. The second kappa shape index (κ2) is 9.12. The first-order chi connectivity index (χ1) is 9.67. The van der Waals surface area contributed by atoms with Crippen molar-refractivity contribution in [3.63, 3.8) is 0 Å². The van der Waals surface area contributed by atoms with Crippen molar-refractivity contribution in [1.29, 1.82) is 0 Å². The molecule has 0 saturated heterocycles. The van der Waals surface area contributed by atoms with Gasteiger partial charge in [-0.05, 0) is 12.5 Å². The molecule has 4 nitrogen and oxygen atoms in total. The number of benzene rings is 1. The van der Waals surface area contributed by atoms with Crippen LogP contribution in [0.1, 0.15) is 25.3 Å². The molecule has 6 heteroatoms. The molecule has 0 heterocycles. The Balaban J connectivity index is 2.55. The van der Waals surface area contributed by atoms with E-state index < -0.39 is 6.61 Å². The van der Waals surface area contributed by atoms with Crippen molar-refractivity contribution in [1.82, 2.24) is 10.6 Å².